The lowest BCUT2D eigenvalue weighted by Gasteiger charge is -2.34. The summed E-state index contributed by atoms with van der Waals surface area (Å²) in [5.41, 5.74) is 3.67. The fourth-order valence-corrected chi connectivity index (χ4v) is 3.24. The van der Waals surface area contributed by atoms with Crippen LogP contribution in [-0.2, 0) is 22.7 Å². The van der Waals surface area contributed by atoms with Crippen LogP contribution in [0, 0.1) is 17.0 Å². The van der Waals surface area contributed by atoms with E-state index in [0.29, 0.717) is 6.54 Å². The van der Waals surface area contributed by atoms with Crippen molar-refractivity contribution in [3.63, 3.8) is 0 Å². The third-order valence-electron chi connectivity index (χ3n) is 4.72. The first-order valence-electron chi connectivity index (χ1n) is 9.45. The van der Waals surface area contributed by atoms with Crippen LogP contribution in [0.4, 0.5) is 5.69 Å². The van der Waals surface area contributed by atoms with E-state index in [1.807, 2.05) is 12.1 Å². The number of aliphatic carboxylic acids is 2. The molecule has 1 saturated heterocycles. The predicted octanol–water partition coefficient (Wildman–Crippen LogP) is 2.38. The molecule has 0 atom stereocenters. The van der Waals surface area contributed by atoms with Crippen molar-refractivity contribution in [2.45, 2.75) is 20.0 Å². The number of benzene rings is 2. The van der Waals surface area contributed by atoms with E-state index in [2.05, 4.69) is 41.0 Å². The molecule has 2 aromatic carbocycles. The zero-order valence-corrected chi connectivity index (χ0v) is 16.7. The van der Waals surface area contributed by atoms with Crippen LogP contribution in [0.25, 0.3) is 0 Å². The molecule has 1 aliphatic rings. The second-order valence-electron chi connectivity index (χ2n) is 7.04. The maximum Gasteiger partial charge on any atom is 0.414 e. The van der Waals surface area contributed by atoms with E-state index in [9.17, 15) is 10.1 Å². The first-order valence-corrected chi connectivity index (χ1v) is 9.45. The summed E-state index contributed by atoms with van der Waals surface area (Å²) in [6.45, 7) is 7.61. The van der Waals surface area contributed by atoms with Gasteiger partial charge in [-0.2, -0.15) is 0 Å². The standard InChI is InChI=1S/C19H23N3O2.C2H2O4/c1-16-5-4-6-17(13-16)14-20-9-11-21(12-10-20)15-18-7-2-3-8-19(18)22(23)24;3-1(4)2(5)6/h2-8,13H,9-12,14-15H2,1H3;(H,3,4)(H,5,6). The Labute approximate surface area is 174 Å². The fourth-order valence-electron chi connectivity index (χ4n) is 3.24. The highest BCUT2D eigenvalue weighted by molar-refractivity contribution is 6.27. The van der Waals surface area contributed by atoms with Gasteiger partial charge < -0.3 is 10.2 Å². The summed E-state index contributed by atoms with van der Waals surface area (Å²) >= 11 is 0. The highest BCUT2D eigenvalue weighted by Crippen LogP contribution is 2.20. The van der Waals surface area contributed by atoms with Gasteiger partial charge in [-0.05, 0) is 12.5 Å². The first-order chi connectivity index (χ1) is 14.3. The largest absolute Gasteiger partial charge is 0.473 e. The molecule has 0 radical (unpaired) electrons. The lowest BCUT2D eigenvalue weighted by molar-refractivity contribution is -0.385. The van der Waals surface area contributed by atoms with E-state index in [1.165, 1.54) is 11.1 Å². The van der Waals surface area contributed by atoms with E-state index in [0.717, 1.165) is 38.3 Å². The van der Waals surface area contributed by atoms with E-state index in [1.54, 1.807) is 12.1 Å². The molecule has 0 saturated carbocycles. The summed E-state index contributed by atoms with van der Waals surface area (Å²) in [4.78, 5) is 33.8. The number of nitrogens with zero attached hydrogens (tertiary/aromatic N) is 3. The fraction of sp³-hybridized carbons (Fsp3) is 0.333. The SMILES string of the molecule is Cc1cccc(CN2CCN(Cc3ccccc3[N+](=O)[O-])CC2)c1.O=C(O)C(=O)O. The Bertz CT molecular complexity index is 882. The van der Waals surface area contributed by atoms with E-state index < -0.39 is 11.9 Å². The molecule has 1 heterocycles. The minimum absolute atomic E-state index is 0.222. The topological polar surface area (TPSA) is 124 Å². The van der Waals surface area contributed by atoms with E-state index in [-0.39, 0.29) is 10.6 Å². The third-order valence-corrected chi connectivity index (χ3v) is 4.72. The molecule has 9 heteroatoms. The second kappa shape index (κ2) is 11.0. The molecule has 0 aromatic heterocycles. The van der Waals surface area contributed by atoms with Crippen LogP contribution in [0.15, 0.2) is 48.5 Å². The van der Waals surface area contributed by atoms with Crippen LogP contribution in [0.3, 0.4) is 0 Å². The molecule has 1 fully saturated rings. The van der Waals surface area contributed by atoms with Crippen LogP contribution < -0.4 is 0 Å². The maximum absolute atomic E-state index is 11.1. The summed E-state index contributed by atoms with van der Waals surface area (Å²) < 4.78 is 0. The quantitative estimate of drug-likeness (QED) is 0.433. The summed E-state index contributed by atoms with van der Waals surface area (Å²) in [5, 5.41) is 25.9. The highest BCUT2D eigenvalue weighted by atomic mass is 16.6. The van der Waals surface area contributed by atoms with Crippen molar-refractivity contribution in [2.24, 2.45) is 0 Å². The van der Waals surface area contributed by atoms with Gasteiger partial charge in [0.1, 0.15) is 0 Å². The third kappa shape index (κ3) is 7.26. The van der Waals surface area contributed by atoms with Crippen molar-refractivity contribution >= 4 is 17.6 Å². The lowest BCUT2D eigenvalue weighted by Crippen LogP contribution is -2.45. The Balaban J connectivity index is 0.000000469. The van der Waals surface area contributed by atoms with Crippen LogP contribution in [0.1, 0.15) is 16.7 Å². The number of nitro groups is 1. The van der Waals surface area contributed by atoms with Crippen LogP contribution in [0.5, 0.6) is 0 Å². The molecule has 0 bridgehead atoms. The zero-order valence-electron chi connectivity index (χ0n) is 16.7. The van der Waals surface area contributed by atoms with Crippen LogP contribution >= 0.6 is 0 Å². The van der Waals surface area contributed by atoms with Crippen LogP contribution in [0.2, 0.25) is 0 Å². The normalized spacial score (nSPS) is 14.4. The van der Waals surface area contributed by atoms with Crippen molar-refractivity contribution in [3.05, 3.63) is 75.3 Å². The van der Waals surface area contributed by atoms with Gasteiger partial charge >= 0.3 is 11.9 Å². The van der Waals surface area contributed by atoms with Gasteiger partial charge in [0.05, 0.1) is 4.92 Å². The summed E-state index contributed by atoms with van der Waals surface area (Å²) in [6, 6.07) is 15.7. The molecule has 160 valence electrons. The predicted molar refractivity (Wildman–Crippen MR) is 110 cm³/mol. The molecule has 2 aromatic rings. The molecule has 0 unspecified atom stereocenters. The molecule has 0 amide bonds. The van der Waals surface area contributed by atoms with Gasteiger partial charge in [0.15, 0.2) is 0 Å². The van der Waals surface area contributed by atoms with Crippen molar-refractivity contribution in [3.8, 4) is 0 Å². The molecule has 3 rings (SSSR count). The number of carboxylic acids is 2. The van der Waals surface area contributed by atoms with Gasteiger partial charge in [-0.15, -0.1) is 0 Å². The van der Waals surface area contributed by atoms with Crippen molar-refractivity contribution in [1.29, 1.82) is 0 Å². The number of rotatable bonds is 5. The monoisotopic (exact) mass is 415 g/mol. The Hall–Kier alpha value is -3.30. The molecule has 0 spiro atoms. The van der Waals surface area contributed by atoms with Gasteiger partial charge in [-0.25, -0.2) is 9.59 Å². The zero-order chi connectivity index (χ0) is 22.1. The van der Waals surface area contributed by atoms with Crippen molar-refractivity contribution in [1.82, 2.24) is 9.80 Å². The molecular weight excluding hydrogens is 390 g/mol. The second-order valence-corrected chi connectivity index (χ2v) is 7.04. The molecular formula is C21H25N3O6. The minimum atomic E-state index is -1.82. The average molecular weight is 415 g/mol. The summed E-state index contributed by atoms with van der Waals surface area (Å²) in [7, 11) is 0. The number of hydrogen-bond acceptors (Lipinski definition) is 6. The lowest BCUT2D eigenvalue weighted by atomic mass is 10.1. The summed E-state index contributed by atoms with van der Waals surface area (Å²) in [6.07, 6.45) is 0. The molecule has 1 aliphatic heterocycles. The number of carboxylic acid groups (broad SMARTS) is 2. The van der Waals surface area contributed by atoms with Gasteiger partial charge in [-0.3, -0.25) is 19.9 Å². The first kappa shape index (κ1) is 23.0. The number of aryl methyl sites for hydroxylation is 1. The number of hydrogen-bond donors (Lipinski definition) is 2. The smallest absolute Gasteiger partial charge is 0.414 e. The average Bonchev–Trinajstić information content (AvgIpc) is 2.70. The van der Waals surface area contributed by atoms with Gasteiger partial charge in [0.25, 0.3) is 5.69 Å². The Morgan fingerprint density at radius 2 is 1.50 bits per heavy atom. The highest BCUT2D eigenvalue weighted by Gasteiger charge is 2.20. The molecule has 9 nitrogen and oxygen atoms in total. The van der Waals surface area contributed by atoms with Gasteiger partial charge in [0, 0.05) is 50.9 Å². The van der Waals surface area contributed by atoms with E-state index in [4.69, 9.17) is 19.8 Å². The minimum Gasteiger partial charge on any atom is -0.473 e. The van der Waals surface area contributed by atoms with Crippen LogP contribution in [-0.4, -0.2) is 63.1 Å². The van der Waals surface area contributed by atoms with Crippen molar-refractivity contribution < 1.29 is 24.7 Å². The molecule has 2 N–H and O–H groups in total. The number of para-hydroxylation sites is 1. The number of nitro benzene ring substituents is 1. The maximum atomic E-state index is 11.1. The van der Waals surface area contributed by atoms with Gasteiger partial charge in [-0.1, -0.05) is 48.0 Å². The molecule has 0 aliphatic carbocycles. The number of piperazine rings is 1. The van der Waals surface area contributed by atoms with E-state index >= 15 is 0 Å². The Morgan fingerprint density at radius 3 is 2.03 bits per heavy atom. The van der Waals surface area contributed by atoms with Gasteiger partial charge in [0.2, 0.25) is 0 Å². The Kier molecular flexibility index (Phi) is 8.45. The Morgan fingerprint density at radius 1 is 0.933 bits per heavy atom. The molecule has 30 heavy (non-hydrogen) atoms. The number of carbonyl (C=O) groups is 2. The summed E-state index contributed by atoms with van der Waals surface area (Å²) in [5.74, 6) is -3.65. The van der Waals surface area contributed by atoms with Crippen molar-refractivity contribution in [2.75, 3.05) is 26.2 Å².